The van der Waals surface area contributed by atoms with Gasteiger partial charge in [-0.05, 0) is 29.9 Å². The molecule has 0 bridgehead atoms. The highest BCUT2D eigenvalue weighted by molar-refractivity contribution is 7.96. The summed E-state index contributed by atoms with van der Waals surface area (Å²) < 4.78 is 60.0. The molecule has 0 saturated carbocycles. The smallest absolute Gasteiger partial charge is 0.283 e. The zero-order valence-corrected chi connectivity index (χ0v) is 17.8. The quantitative estimate of drug-likeness (QED) is 0.512. The summed E-state index contributed by atoms with van der Waals surface area (Å²) in [6.45, 7) is 2.71. The van der Waals surface area contributed by atoms with Crippen LogP contribution in [-0.2, 0) is 11.2 Å². The molecule has 1 aliphatic heterocycles. The monoisotopic (exact) mass is 440 g/mol. The minimum Gasteiger partial charge on any atom is -0.331 e. The van der Waals surface area contributed by atoms with Gasteiger partial charge >= 0.3 is 0 Å². The molecule has 2 atom stereocenters. The Morgan fingerprint density at radius 2 is 1.93 bits per heavy atom. The predicted octanol–water partition coefficient (Wildman–Crippen LogP) is 4.91. The molecular formula is C22H24F4N2OS. The number of carbonyl (C=O) groups excluding carboxylic acids is 1. The maximum atomic E-state index is 14.7. The predicted molar refractivity (Wildman–Crippen MR) is 111 cm³/mol. The van der Waals surface area contributed by atoms with Crippen molar-refractivity contribution in [1.82, 2.24) is 9.62 Å². The Hall–Kier alpha value is -2.06. The van der Waals surface area contributed by atoms with E-state index in [0.717, 1.165) is 18.0 Å². The minimum absolute atomic E-state index is 0.0995. The fraction of sp³-hybridized carbons (Fsp3) is 0.409. The average Bonchev–Trinajstić information content (AvgIpc) is 2.94. The van der Waals surface area contributed by atoms with E-state index < -0.39 is 42.1 Å². The number of nitrogens with one attached hydrogen (secondary N) is 1. The molecule has 1 aliphatic rings. The molecule has 3 rings (SSSR count). The van der Waals surface area contributed by atoms with E-state index in [1.54, 1.807) is 44.4 Å². The topological polar surface area (TPSA) is 32.3 Å². The van der Waals surface area contributed by atoms with Crippen molar-refractivity contribution in [3.8, 4) is 11.1 Å². The minimum atomic E-state index is -3.08. The van der Waals surface area contributed by atoms with Crippen molar-refractivity contribution in [2.45, 2.75) is 38.3 Å². The lowest BCUT2D eigenvalue weighted by Gasteiger charge is -2.29. The van der Waals surface area contributed by atoms with Gasteiger partial charge < -0.3 is 4.90 Å². The molecule has 1 N–H and O–H groups in total. The fourth-order valence-electron chi connectivity index (χ4n) is 3.83. The molecule has 0 spiro atoms. The molecule has 8 heteroatoms. The number of benzene rings is 2. The first kappa shape index (κ1) is 22.6. The van der Waals surface area contributed by atoms with E-state index in [1.807, 2.05) is 0 Å². The largest absolute Gasteiger partial charge is 0.331 e. The Morgan fingerprint density at radius 3 is 2.60 bits per heavy atom. The first-order chi connectivity index (χ1) is 14.2. The highest BCUT2D eigenvalue weighted by Crippen LogP contribution is 2.36. The average molecular weight is 441 g/mol. The van der Waals surface area contributed by atoms with Gasteiger partial charge in [-0.25, -0.2) is 17.6 Å². The zero-order chi connectivity index (χ0) is 22.1. The first-order valence-electron chi connectivity index (χ1n) is 9.66. The molecule has 162 valence electrons. The number of hydrogen-bond donors (Lipinski definition) is 1. The summed E-state index contributed by atoms with van der Waals surface area (Å²) in [6, 6.07) is 8.64. The van der Waals surface area contributed by atoms with E-state index in [-0.39, 0.29) is 17.9 Å². The van der Waals surface area contributed by atoms with E-state index in [9.17, 15) is 22.4 Å². The van der Waals surface area contributed by atoms with Gasteiger partial charge in [0.15, 0.2) is 11.6 Å². The van der Waals surface area contributed by atoms with Gasteiger partial charge in [0.05, 0.1) is 12.6 Å². The number of amides is 1. The summed E-state index contributed by atoms with van der Waals surface area (Å²) >= 11 is 1.08. The molecule has 0 aromatic heterocycles. The van der Waals surface area contributed by atoms with Crippen LogP contribution in [0.25, 0.3) is 11.1 Å². The summed E-state index contributed by atoms with van der Waals surface area (Å²) in [6.07, 6.45) is 1.82. The molecule has 1 amide bonds. The molecule has 3 nitrogen and oxygen atoms in total. The Bertz CT molecular complexity index is 922. The van der Waals surface area contributed by atoms with Crippen LogP contribution in [0.1, 0.15) is 19.4 Å². The Balaban J connectivity index is 1.95. The second kappa shape index (κ2) is 8.98. The summed E-state index contributed by atoms with van der Waals surface area (Å²) in [5, 5.41) is 0. The third-order valence-electron chi connectivity index (χ3n) is 5.28. The summed E-state index contributed by atoms with van der Waals surface area (Å²) in [7, 11) is 0. The van der Waals surface area contributed by atoms with Gasteiger partial charge in [-0.2, -0.15) is 0 Å². The molecule has 1 heterocycles. The van der Waals surface area contributed by atoms with E-state index in [0.29, 0.717) is 11.1 Å². The van der Waals surface area contributed by atoms with Crippen molar-refractivity contribution in [2.24, 2.45) is 5.92 Å². The van der Waals surface area contributed by atoms with E-state index in [4.69, 9.17) is 0 Å². The van der Waals surface area contributed by atoms with Gasteiger partial charge in [-0.15, -0.1) is 0 Å². The van der Waals surface area contributed by atoms with Crippen LogP contribution in [0.3, 0.4) is 0 Å². The first-order valence-corrected chi connectivity index (χ1v) is 10.9. The standard InChI is InChI=1S/C22H24F4N2OS/c1-13(2)21(29)28-12-22(25,26)20(27-30-3)18(28)11-14-6-4-7-15(10-14)16-8-5-9-17(23)19(16)24/h4-10,13,18,20,27H,11-12H2,1-3H3/t18-,20+/m0/s1. The zero-order valence-electron chi connectivity index (χ0n) is 17.0. The lowest BCUT2D eigenvalue weighted by molar-refractivity contribution is -0.136. The summed E-state index contributed by atoms with van der Waals surface area (Å²) in [4.78, 5) is 13.9. The molecule has 0 aliphatic carbocycles. The van der Waals surface area contributed by atoms with Crippen molar-refractivity contribution in [1.29, 1.82) is 0 Å². The number of halogens is 4. The van der Waals surface area contributed by atoms with Gasteiger partial charge in [-0.1, -0.05) is 62.2 Å². The number of nitrogens with zero attached hydrogens (tertiary/aromatic N) is 1. The number of carbonyl (C=O) groups is 1. The molecule has 0 radical (unpaired) electrons. The fourth-order valence-corrected chi connectivity index (χ4v) is 4.41. The Morgan fingerprint density at radius 1 is 1.23 bits per heavy atom. The second-order valence-corrected chi connectivity index (χ2v) is 8.40. The van der Waals surface area contributed by atoms with Crippen LogP contribution in [0.5, 0.6) is 0 Å². The molecule has 2 aromatic rings. The van der Waals surface area contributed by atoms with Gasteiger partial charge in [0.2, 0.25) is 5.91 Å². The maximum absolute atomic E-state index is 14.7. The number of rotatable bonds is 6. The van der Waals surface area contributed by atoms with Crippen LogP contribution in [0.2, 0.25) is 0 Å². The van der Waals surface area contributed by atoms with Crippen molar-refractivity contribution in [3.05, 3.63) is 59.7 Å². The molecule has 0 unspecified atom stereocenters. The lowest BCUT2D eigenvalue weighted by Crippen LogP contribution is -2.48. The maximum Gasteiger partial charge on any atom is 0.283 e. The lowest BCUT2D eigenvalue weighted by atomic mass is 9.95. The van der Waals surface area contributed by atoms with Crippen LogP contribution < -0.4 is 4.72 Å². The van der Waals surface area contributed by atoms with Crippen molar-refractivity contribution in [3.63, 3.8) is 0 Å². The van der Waals surface area contributed by atoms with Crippen LogP contribution in [0.4, 0.5) is 17.6 Å². The molecule has 2 aromatic carbocycles. The molecule has 1 fully saturated rings. The van der Waals surface area contributed by atoms with Crippen LogP contribution in [0.15, 0.2) is 42.5 Å². The van der Waals surface area contributed by atoms with Crippen molar-refractivity contribution >= 4 is 17.9 Å². The van der Waals surface area contributed by atoms with Crippen LogP contribution in [0, 0.1) is 17.6 Å². The van der Waals surface area contributed by atoms with Gasteiger partial charge in [0.1, 0.15) is 6.04 Å². The third-order valence-corrected chi connectivity index (χ3v) is 5.77. The van der Waals surface area contributed by atoms with Crippen LogP contribution >= 0.6 is 11.9 Å². The Kier molecular flexibility index (Phi) is 6.77. The van der Waals surface area contributed by atoms with Crippen molar-refractivity contribution < 1.29 is 22.4 Å². The number of hydrogen-bond acceptors (Lipinski definition) is 3. The van der Waals surface area contributed by atoms with Gasteiger partial charge in [0.25, 0.3) is 5.92 Å². The SMILES string of the molecule is CSN[C@@H]1[C@H](Cc2cccc(-c3cccc(F)c3F)c2)N(C(=O)C(C)C)CC1(F)F. The van der Waals surface area contributed by atoms with E-state index in [2.05, 4.69) is 4.72 Å². The highest BCUT2D eigenvalue weighted by atomic mass is 32.2. The summed E-state index contributed by atoms with van der Waals surface area (Å²) in [5.74, 6) is -5.74. The molecular weight excluding hydrogens is 416 g/mol. The number of alkyl halides is 2. The second-order valence-electron chi connectivity index (χ2n) is 7.75. The number of likely N-dealkylation sites (tertiary alicyclic amines) is 1. The Labute approximate surface area is 178 Å². The summed E-state index contributed by atoms with van der Waals surface area (Å²) in [5.41, 5.74) is 1.21. The molecule has 30 heavy (non-hydrogen) atoms. The van der Waals surface area contributed by atoms with Crippen LogP contribution in [-0.4, -0.2) is 41.6 Å². The third kappa shape index (κ3) is 4.49. The van der Waals surface area contributed by atoms with Crippen molar-refractivity contribution in [2.75, 3.05) is 12.8 Å². The molecule has 1 saturated heterocycles. The van der Waals surface area contributed by atoms with E-state index >= 15 is 0 Å². The normalized spacial score (nSPS) is 20.7. The van der Waals surface area contributed by atoms with Gasteiger partial charge in [0, 0.05) is 11.5 Å². The van der Waals surface area contributed by atoms with Gasteiger partial charge in [-0.3, -0.25) is 9.52 Å². The highest BCUT2D eigenvalue weighted by Gasteiger charge is 2.55. The van der Waals surface area contributed by atoms with E-state index in [1.165, 1.54) is 17.0 Å².